The van der Waals surface area contributed by atoms with E-state index in [1.54, 1.807) is 10.4 Å². The number of hydrogen-bond acceptors (Lipinski definition) is 0. The largest absolute Gasteiger partial charge is 4.00 e. The van der Waals surface area contributed by atoms with Gasteiger partial charge in [-0.2, -0.15) is 12.1 Å². The Labute approximate surface area is 279 Å². The van der Waals surface area contributed by atoms with Crippen LogP contribution >= 0.6 is 0 Å². The third kappa shape index (κ3) is 5.74. The van der Waals surface area contributed by atoms with E-state index in [2.05, 4.69) is 130 Å². The van der Waals surface area contributed by atoms with Gasteiger partial charge >= 0.3 is 25.8 Å². The summed E-state index contributed by atoms with van der Waals surface area (Å²) in [5.41, 5.74) is 8.92. The second kappa shape index (κ2) is 13.4. The molecule has 1 aliphatic carbocycles. The summed E-state index contributed by atoms with van der Waals surface area (Å²) in [5.74, 6) is 0. The molecule has 0 heterocycles. The van der Waals surface area contributed by atoms with E-state index in [9.17, 15) is 0 Å². The van der Waals surface area contributed by atoms with Crippen molar-refractivity contribution in [3.05, 3.63) is 135 Å². The fourth-order valence-electron chi connectivity index (χ4n) is 7.61. The maximum atomic E-state index is 2.69. The zero-order valence-electron chi connectivity index (χ0n) is 26.5. The average Bonchev–Trinajstić information content (AvgIpc) is 3.63. The quantitative estimate of drug-likeness (QED) is 0.122. The van der Waals surface area contributed by atoms with Gasteiger partial charge in [0.05, 0.1) is 8.07 Å². The molecular formula is C41H44HfSi. The summed E-state index contributed by atoms with van der Waals surface area (Å²) in [7, 11) is -2.04. The topological polar surface area (TPSA) is 0 Å². The molecule has 0 saturated heterocycles. The SMILES string of the molecule is Cc1ccccc1-c1cccc2[cH-]c([Si](C)(c3cc4c(-c5ccccc5C)cccc4[cH-]3)C3CCCCC3)cc12.[CH3-].[CH3-].[Hf+4]. The first-order valence-corrected chi connectivity index (χ1v) is 17.6. The monoisotopic (exact) mass is 744 g/mol. The van der Waals surface area contributed by atoms with Crippen molar-refractivity contribution in [2.75, 3.05) is 0 Å². The zero-order chi connectivity index (χ0) is 27.3. The molecule has 0 aromatic heterocycles. The van der Waals surface area contributed by atoms with Gasteiger partial charge in [0.1, 0.15) is 0 Å². The minimum Gasteiger partial charge on any atom is -0.358 e. The van der Waals surface area contributed by atoms with Gasteiger partial charge in [-0.3, -0.25) is 0 Å². The van der Waals surface area contributed by atoms with E-state index >= 15 is 0 Å². The van der Waals surface area contributed by atoms with Crippen molar-refractivity contribution in [1.29, 1.82) is 0 Å². The Morgan fingerprint density at radius 3 is 1.42 bits per heavy atom. The van der Waals surface area contributed by atoms with Gasteiger partial charge in [0, 0.05) is 0 Å². The number of aryl methyl sites for hydroxylation is 2. The molecule has 43 heavy (non-hydrogen) atoms. The van der Waals surface area contributed by atoms with Crippen LogP contribution in [0.15, 0.2) is 109 Å². The van der Waals surface area contributed by atoms with Crippen LogP contribution in [-0.4, -0.2) is 8.07 Å². The van der Waals surface area contributed by atoms with Gasteiger partial charge in [0.25, 0.3) is 0 Å². The minimum atomic E-state index is -2.04. The number of benzene rings is 4. The fourth-order valence-corrected chi connectivity index (χ4v) is 12.2. The van der Waals surface area contributed by atoms with E-state index in [0.29, 0.717) is 0 Å². The predicted molar refractivity (Wildman–Crippen MR) is 190 cm³/mol. The van der Waals surface area contributed by atoms with Crippen molar-refractivity contribution in [2.45, 2.75) is 58.0 Å². The molecule has 6 aromatic rings. The van der Waals surface area contributed by atoms with Crippen LogP contribution in [0.3, 0.4) is 0 Å². The van der Waals surface area contributed by atoms with Crippen LogP contribution in [0.1, 0.15) is 43.2 Å². The summed E-state index contributed by atoms with van der Waals surface area (Å²) in [6, 6.07) is 41.8. The Morgan fingerprint density at radius 2 is 0.977 bits per heavy atom. The second-order valence-corrected chi connectivity index (χ2v) is 16.6. The molecule has 1 aliphatic rings. The molecule has 216 valence electrons. The van der Waals surface area contributed by atoms with Gasteiger partial charge < -0.3 is 14.9 Å². The molecule has 0 unspecified atom stereocenters. The van der Waals surface area contributed by atoms with E-state index < -0.39 is 8.07 Å². The molecule has 0 N–H and O–H groups in total. The van der Waals surface area contributed by atoms with Gasteiger partial charge in [-0.15, -0.1) is 68.3 Å². The maximum absolute atomic E-state index is 2.69. The molecule has 0 radical (unpaired) electrons. The maximum Gasteiger partial charge on any atom is 4.00 e. The summed E-state index contributed by atoms with van der Waals surface area (Å²) < 4.78 is 0. The molecule has 2 heteroatoms. The molecule has 1 saturated carbocycles. The molecule has 0 atom stereocenters. The molecule has 7 rings (SSSR count). The third-order valence-electron chi connectivity index (χ3n) is 9.99. The summed E-state index contributed by atoms with van der Waals surface area (Å²) in [5, 5.41) is 8.84. The van der Waals surface area contributed by atoms with Crippen LogP contribution in [0.4, 0.5) is 0 Å². The van der Waals surface area contributed by atoms with Crippen LogP contribution < -0.4 is 10.4 Å². The summed E-state index contributed by atoms with van der Waals surface area (Å²) in [6.07, 6.45) is 6.86. The molecular weight excluding hydrogens is 699 g/mol. The van der Waals surface area contributed by atoms with E-state index in [1.807, 2.05) is 0 Å². The smallest absolute Gasteiger partial charge is 0.358 e. The molecule has 0 amide bonds. The number of rotatable bonds is 5. The van der Waals surface area contributed by atoms with E-state index in [-0.39, 0.29) is 40.7 Å². The first-order valence-electron chi connectivity index (χ1n) is 15.1. The summed E-state index contributed by atoms with van der Waals surface area (Å²) in [4.78, 5) is 0. The van der Waals surface area contributed by atoms with Crippen molar-refractivity contribution in [1.82, 2.24) is 0 Å². The second-order valence-electron chi connectivity index (χ2n) is 12.3. The zero-order valence-corrected chi connectivity index (χ0v) is 31.1. The Bertz CT molecular complexity index is 1700. The van der Waals surface area contributed by atoms with Crippen molar-refractivity contribution in [3.8, 4) is 22.3 Å². The predicted octanol–water partition coefficient (Wildman–Crippen LogP) is 10.8. The fraction of sp³-hybridized carbons (Fsp3) is 0.220. The van der Waals surface area contributed by atoms with Crippen molar-refractivity contribution in [2.24, 2.45) is 0 Å². The van der Waals surface area contributed by atoms with Crippen molar-refractivity contribution in [3.63, 3.8) is 0 Å². The van der Waals surface area contributed by atoms with E-state index in [0.717, 1.165) is 5.54 Å². The first-order chi connectivity index (χ1) is 19.5. The van der Waals surface area contributed by atoms with Gasteiger partial charge in [-0.05, 0) is 41.6 Å². The summed E-state index contributed by atoms with van der Waals surface area (Å²) >= 11 is 0. The van der Waals surface area contributed by atoms with Gasteiger partial charge in [0.15, 0.2) is 0 Å². The molecule has 1 fully saturated rings. The number of hydrogen-bond donors (Lipinski definition) is 0. The molecule has 6 aromatic carbocycles. The van der Waals surface area contributed by atoms with E-state index in [1.165, 1.54) is 87.0 Å². The van der Waals surface area contributed by atoms with Crippen molar-refractivity contribution < 1.29 is 25.8 Å². The average molecular weight is 743 g/mol. The number of fused-ring (bicyclic) bond motifs is 2. The minimum absolute atomic E-state index is 0. The Morgan fingerprint density at radius 1 is 0.558 bits per heavy atom. The summed E-state index contributed by atoms with van der Waals surface area (Å²) in [6.45, 7) is 7.16. The third-order valence-corrected chi connectivity index (χ3v) is 15.2. The van der Waals surface area contributed by atoms with Crippen molar-refractivity contribution >= 4 is 40.0 Å². The Hall–Kier alpha value is -2.81. The Kier molecular flexibility index (Phi) is 10.3. The van der Waals surface area contributed by atoms with E-state index in [4.69, 9.17) is 0 Å². The standard InChI is InChI=1S/C39H38Si.2CH3.Hf/c1-27-13-7-9-19-34(27)36-21-11-15-29-23-32(25-38(29)36)40(3,31-17-5-4-6-18-31)33-24-30-16-12-22-37(39(30)26-33)35-20-10-8-14-28(35)2;;;/h7-16,19-26,31H,4-6,17-18H2,1-3H3;2*1H3;/q-2;2*-1;+4. The van der Waals surface area contributed by atoms with Crippen LogP contribution in [0.2, 0.25) is 12.1 Å². The molecule has 0 nitrogen and oxygen atoms in total. The van der Waals surface area contributed by atoms with Crippen LogP contribution in [0.5, 0.6) is 0 Å². The Balaban J connectivity index is 0.00000141. The molecule has 0 spiro atoms. The van der Waals surface area contributed by atoms with Gasteiger partial charge in [-0.25, -0.2) is 0 Å². The van der Waals surface area contributed by atoms with Gasteiger partial charge in [0.2, 0.25) is 0 Å². The normalized spacial score (nSPS) is 13.7. The van der Waals surface area contributed by atoms with Crippen LogP contribution in [-0.2, 0) is 25.8 Å². The molecule has 0 bridgehead atoms. The van der Waals surface area contributed by atoms with Crippen LogP contribution in [0, 0.1) is 28.7 Å². The van der Waals surface area contributed by atoms with Crippen LogP contribution in [0.25, 0.3) is 43.8 Å². The van der Waals surface area contributed by atoms with Gasteiger partial charge in [-0.1, -0.05) is 110 Å². The molecule has 0 aliphatic heterocycles. The first kappa shape index (κ1) is 33.1.